The van der Waals surface area contributed by atoms with Crippen molar-refractivity contribution in [2.75, 3.05) is 0 Å². The summed E-state index contributed by atoms with van der Waals surface area (Å²) in [6.45, 7) is 2.44. The van der Waals surface area contributed by atoms with E-state index in [0.717, 1.165) is 5.56 Å². The van der Waals surface area contributed by atoms with Crippen molar-refractivity contribution in [3.8, 4) is 11.5 Å². The molecule has 0 aliphatic rings. The number of halogens is 1. The summed E-state index contributed by atoms with van der Waals surface area (Å²) < 4.78 is 7.24. The lowest BCUT2D eigenvalue weighted by atomic mass is 10.1. The normalized spacial score (nSPS) is 10.8. The summed E-state index contributed by atoms with van der Waals surface area (Å²) >= 11 is 5.79. The van der Waals surface area contributed by atoms with Crippen molar-refractivity contribution in [3.63, 3.8) is 0 Å². The van der Waals surface area contributed by atoms with Gasteiger partial charge >= 0.3 is 0 Å². The van der Waals surface area contributed by atoms with Crippen LogP contribution in [-0.2, 0) is 6.54 Å². The number of benzene rings is 1. The van der Waals surface area contributed by atoms with Crippen LogP contribution in [0.5, 0.6) is 0 Å². The van der Waals surface area contributed by atoms with Crippen LogP contribution in [-0.4, -0.2) is 20.0 Å². The zero-order valence-corrected chi connectivity index (χ0v) is 11.0. The van der Waals surface area contributed by atoms with Gasteiger partial charge in [-0.3, -0.25) is 4.68 Å². The molecule has 5 nitrogen and oxygen atoms in total. The molecule has 0 bridgehead atoms. The fraction of sp³-hybridized carbons (Fsp3) is 0.154. The van der Waals surface area contributed by atoms with Crippen LogP contribution in [0.25, 0.3) is 11.5 Å². The average molecular weight is 275 g/mol. The maximum atomic E-state index is 5.79. The molecule has 0 radical (unpaired) electrons. The summed E-state index contributed by atoms with van der Waals surface area (Å²) in [5.41, 5.74) is 2.09. The lowest BCUT2D eigenvalue weighted by molar-refractivity contribution is 0.474. The highest BCUT2D eigenvalue weighted by Crippen LogP contribution is 2.18. The van der Waals surface area contributed by atoms with Crippen LogP contribution >= 0.6 is 11.6 Å². The predicted molar refractivity (Wildman–Crippen MR) is 70.8 cm³/mol. The van der Waals surface area contributed by atoms with Gasteiger partial charge in [0.2, 0.25) is 11.8 Å². The van der Waals surface area contributed by atoms with Gasteiger partial charge in [0.05, 0.1) is 11.2 Å². The van der Waals surface area contributed by atoms with Crippen molar-refractivity contribution in [2.24, 2.45) is 0 Å². The third-order valence-corrected chi connectivity index (χ3v) is 2.86. The fourth-order valence-electron chi connectivity index (χ4n) is 1.69. The standard InChI is InChI=1S/C13H11ClN4O/c1-9-2-4-10(5-3-9)13-17-16-12(19-13)8-18-7-11(14)6-15-18/h2-7H,8H2,1H3. The van der Waals surface area contributed by atoms with E-state index < -0.39 is 0 Å². The molecule has 96 valence electrons. The second kappa shape index (κ2) is 4.85. The summed E-state index contributed by atoms with van der Waals surface area (Å²) in [6, 6.07) is 7.92. The van der Waals surface area contributed by atoms with Crippen molar-refractivity contribution in [3.05, 3.63) is 53.1 Å². The number of aromatic nitrogens is 4. The lowest BCUT2D eigenvalue weighted by Gasteiger charge is -1.96. The highest BCUT2D eigenvalue weighted by atomic mass is 35.5. The van der Waals surface area contributed by atoms with E-state index in [0.29, 0.717) is 23.3 Å². The lowest BCUT2D eigenvalue weighted by Crippen LogP contribution is -1.99. The quantitative estimate of drug-likeness (QED) is 0.737. The van der Waals surface area contributed by atoms with E-state index in [1.165, 1.54) is 5.56 Å². The smallest absolute Gasteiger partial charge is 0.247 e. The Kier molecular flexibility index (Phi) is 3.05. The van der Waals surface area contributed by atoms with E-state index in [4.69, 9.17) is 16.0 Å². The molecule has 6 heteroatoms. The van der Waals surface area contributed by atoms with Crippen molar-refractivity contribution < 1.29 is 4.42 Å². The van der Waals surface area contributed by atoms with Crippen molar-refractivity contribution >= 4 is 11.6 Å². The van der Waals surface area contributed by atoms with Crippen LogP contribution in [0.15, 0.2) is 41.1 Å². The van der Waals surface area contributed by atoms with Crippen LogP contribution in [0, 0.1) is 6.92 Å². The highest BCUT2D eigenvalue weighted by molar-refractivity contribution is 6.30. The van der Waals surface area contributed by atoms with Gasteiger partial charge in [-0.15, -0.1) is 10.2 Å². The predicted octanol–water partition coefficient (Wildman–Crippen LogP) is 2.94. The van der Waals surface area contributed by atoms with Crippen molar-refractivity contribution in [1.29, 1.82) is 0 Å². The zero-order valence-electron chi connectivity index (χ0n) is 10.2. The molecular formula is C13H11ClN4O. The van der Waals surface area contributed by atoms with Crippen LogP contribution in [0.3, 0.4) is 0 Å². The van der Waals surface area contributed by atoms with Crippen LogP contribution in [0.2, 0.25) is 5.02 Å². The first-order valence-corrected chi connectivity index (χ1v) is 6.16. The first-order valence-electron chi connectivity index (χ1n) is 5.78. The molecule has 0 amide bonds. The molecule has 3 aromatic rings. The molecule has 2 aromatic heterocycles. The summed E-state index contributed by atoms with van der Waals surface area (Å²) in [5, 5.41) is 12.7. The van der Waals surface area contributed by atoms with Gasteiger partial charge in [-0.05, 0) is 19.1 Å². The highest BCUT2D eigenvalue weighted by Gasteiger charge is 2.09. The zero-order chi connectivity index (χ0) is 13.2. The first kappa shape index (κ1) is 11.9. The topological polar surface area (TPSA) is 56.7 Å². The monoisotopic (exact) mass is 274 g/mol. The van der Waals surface area contributed by atoms with E-state index in [1.807, 2.05) is 31.2 Å². The van der Waals surface area contributed by atoms with E-state index in [2.05, 4.69) is 15.3 Å². The molecule has 3 rings (SSSR count). The summed E-state index contributed by atoms with van der Waals surface area (Å²) in [6.07, 6.45) is 3.27. The Bertz CT molecular complexity index is 687. The summed E-state index contributed by atoms with van der Waals surface area (Å²) in [5.74, 6) is 1.00. The van der Waals surface area contributed by atoms with Gasteiger partial charge in [0.25, 0.3) is 0 Å². The number of rotatable bonds is 3. The SMILES string of the molecule is Cc1ccc(-c2nnc(Cn3cc(Cl)cn3)o2)cc1. The Morgan fingerprint density at radius 3 is 2.68 bits per heavy atom. The second-order valence-corrected chi connectivity index (χ2v) is 4.66. The minimum absolute atomic E-state index is 0.408. The Morgan fingerprint density at radius 2 is 2.00 bits per heavy atom. The van der Waals surface area contributed by atoms with Gasteiger partial charge in [-0.2, -0.15) is 5.10 Å². The average Bonchev–Trinajstić information content (AvgIpc) is 3.00. The molecule has 19 heavy (non-hydrogen) atoms. The maximum absolute atomic E-state index is 5.79. The number of aryl methyl sites for hydroxylation is 1. The Hall–Kier alpha value is -2.14. The molecule has 0 fully saturated rings. The molecule has 0 spiro atoms. The number of hydrogen-bond donors (Lipinski definition) is 0. The molecule has 0 aliphatic heterocycles. The molecule has 0 unspecified atom stereocenters. The van der Waals surface area contributed by atoms with Crippen molar-refractivity contribution in [2.45, 2.75) is 13.5 Å². The van der Waals surface area contributed by atoms with Gasteiger partial charge in [0.15, 0.2) is 0 Å². The van der Waals surface area contributed by atoms with Crippen LogP contribution in [0.4, 0.5) is 0 Å². The molecule has 0 N–H and O–H groups in total. The van der Waals surface area contributed by atoms with E-state index in [1.54, 1.807) is 17.1 Å². The van der Waals surface area contributed by atoms with Gasteiger partial charge in [0.1, 0.15) is 6.54 Å². The molecule has 2 heterocycles. The van der Waals surface area contributed by atoms with E-state index >= 15 is 0 Å². The van der Waals surface area contributed by atoms with Gasteiger partial charge in [-0.25, -0.2) is 0 Å². The molecule has 0 aliphatic carbocycles. The Balaban J connectivity index is 1.81. The Morgan fingerprint density at radius 1 is 1.21 bits per heavy atom. The summed E-state index contributed by atoms with van der Waals surface area (Å²) in [7, 11) is 0. The van der Waals surface area contributed by atoms with Gasteiger partial charge < -0.3 is 4.42 Å². The molecule has 0 saturated heterocycles. The Labute approximate surface area is 114 Å². The number of hydrogen-bond acceptors (Lipinski definition) is 4. The molecular weight excluding hydrogens is 264 g/mol. The van der Waals surface area contributed by atoms with Crippen LogP contribution in [0.1, 0.15) is 11.5 Å². The largest absolute Gasteiger partial charge is 0.419 e. The fourth-order valence-corrected chi connectivity index (χ4v) is 1.85. The van der Waals surface area contributed by atoms with E-state index in [-0.39, 0.29) is 0 Å². The maximum Gasteiger partial charge on any atom is 0.247 e. The molecule has 1 aromatic carbocycles. The van der Waals surface area contributed by atoms with E-state index in [9.17, 15) is 0 Å². The van der Waals surface area contributed by atoms with Crippen molar-refractivity contribution in [1.82, 2.24) is 20.0 Å². The molecule has 0 atom stereocenters. The molecule has 0 saturated carbocycles. The third-order valence-electron chi connectivity index (χ3n) is 2.66. The minimum atomic E-state index is 0.408. The van der Waals surface area contributed by atoms with Gasteiger partial charge in [0, 0.05) is 11.8 Å². The minimum Gasteiger partial charge on any atom is -0.419 e. The first-order chi connectivity index (χ1) is 9.20. The second-order valence-electron chi connectivity index (χ2n) is 4.22. The van der Waals surface area contributed by atoms with Gasteiger partial charge in [-0.1, -0.05) is 29.3 Å². The third kappa shape index (κ3) is 2.66. The number of nitrogens with zero attached hydrogens (tertiary/aromatic N) is 4. The summed E-state index contributed by atoms with van der Waals surface area (Å²) in [4.78, 5) is 0. The van der Waals surface area contributed by atoms with Crippen LogP contribution < -0.4 is 0 Å².